The van der Waals surface area contributed by atoms with E-state index in [0.29, 0.717) is 0 Å². The molecule has 23 heavy (non-hydrogen) atoms. The number of hydrogen-bond donors (Lipinski definition) is 0. The number of nitrogens with zero attached hydrogens (tertiary/aromatic N) is 1. The SMILES string of the molecule is CCC1(C)CC(CCN2CCOCC2)(c2ccccc2)CCO1. The third-order valence-electron chi connectivity index (χ3n) is 5.89. The molecule has 0 N–H and O–H groups in total. The predicted molar refractivity (Wildman–Crippen MR) is 93.9 cm³/mol. The Bertz CT molecular complexity index is 486. The van der Waals surface area contributed by atoms with Crippen molar-refractivity contribution in [1.29, 1.82) is 0 Å². The molecule has 2 aliphatic heterocycles. The van der Waals surface area contributed by atoms with Crippen LogP contribution < -0.4 is 0 Å². The van der Waals surface area contributed by atoms with Crippen LogP contribution in [0.5, 0.6) is 0 Å². The maximum Gasteiger partial charge on any atom is 0.0660 e. The summed E-state index contributed by atoms with van der Waals surface area (Å²) in [5, 5.41) is 0. The van der Waals surface area contributed by atoms with E-state index >= 15 is 0 Å². The van der Waals surface area contributed by atoms with Gasteiger partial charge in [0.15, 0.2) is 0 Å². The van der Waals surface area contributed by atoms with Gasteiger partial charge in [-0.3, -0.25) is 4.90 Å². The lowest BCUT2D eigenvalue weighted by Gasteiger charge is -2.47. The largest absolute Gasteiger partial charge is 0.379 e. The Labute approximate surface area is 141 Å². The highest BCUT2D eigenvalue weighted by Crippen LogP contribution is 2.45. The first-order valence-electron chi connectivity index (χ1n) is 9.15. The summed E-state index contributed by atoms with van der Waals surface area (Å²) in [6.07, 6.45) is 4.57. The normalized spacial score (nSPS) is 32.8. The van der Waals surface area contributed by atoms with Crippen LogP contribution in [-0.2, 0) is 14.9 Å². The second-order valence-electron chi connectivity index (χ2n) is 7.43. The van der Waals surface area contributed by atoms with Crippen LogP contribution in [0.25, 0.3) is 0 Å². The molecule has 0 amide bonds. The molecule has 2 atom stereocenters. The van der Waals surface area contributed by atoms with Gasteiger partial charge in [0.25, 0.3) is 0 Å². The molecule has 1 aromatic carbocycles. The topological polar surface area (TPSA) is 21.7 Å². The van der Waals surface area contributed by atoms with Crippen molar-refractivity contribution in [1.82, 2.24) is 4.90 Å². The van der Waals surface area contributed by atoms with E-state index in [1.165, 1.54) is 12.0 Å². The lowest BCUT2D eigenvalue weighted by Crippen LogP contribution is -2.47. The van der Waals surface area contributed by atoms with Gasteiger partial charge in [0.05, 0.1) is 18.8 Å². The molecular weight excluding hydrogens is 286 g/mol. The van der Waals surface area contributed by atoms with Crippen LogP contribution in [0.4, 0.5) is 0 Å². The molecule has 2 fully saturated rings. The van der Waals surface area contributed by atoms with Gasteiger partial charge in [-0.05, 0) is 44.7 Å². The molecule has 0 bridgehead atoms. The van der Waals surface area contributed by atoms with Gasteiger partial charge >= 0.3 is 0 Å². The third kappa shape index (κ3) is 3.96. The van der Waals surface area contributed by atoms with Gasteiger partial charge in [0.1, 0.15) is 0 Å². The summed E-state index contributed by atoms with van der Waals surface area (Å²) in [5.74, 6) is 0. The Kier molecular flexibility index (Phi) is 5.40. The fourth-order valence-corrected chi connectivity index (χ4v) is 4.17. The average molecular weight is 317 g/mol. The maximum absolute atomic E-state index is 6.15. The highest BCUT2D eigenvalue weighted by Gasteiger charge is 2.43. The molecule has 0 aliphatic carbocycles. The minimum absolute atomic E-state index is 0.0130. The first-order chi connectivity index (χ1) is 11.2. The van der Waals surface area contributed by atoms with Crippen molar-refractivity contribution >= 4 is 0 Å². The predicted octanol–water partition coefficient (Wildman–Crippen LogP) is 3.63. The molecule has 0 aromatic heterocycles. The van der Waals surface area contributed by atoms with Crippen molar-refractivity contribution in [2.75, 3.05) is 39.5 Å². The van der Waals surface area contributed by atoms with E-state index in [2.05, 4.69) is 49.1 Å². The second kappa shape index (κ2) is 7.33. The molecule has 3 heteroatoms. The van der Waals surface area contributed by atoms with Gasteiger partial charge in [0.2, 0.25) is 0 Å². The zero-order valence-electron chi connectivity index (χ0n) is 14.7. The minimum Gasteiger partial charge on any atom is -0.379 e. The monoisotopic (exact) mass is 317 g/mol. The lowest BCUT2D eigenvalue weighted by molar-refractivity contribution is -0.0998. The van der Waals surface area contributed by atoms with E-state index in [9.17, 15) is 0 Å². The summed E-state index contributed by atoms with van der Waals surface area (Å²) in [7, 11) is 0. The molecule has 0 spiro atoms. The van der Waals surface area contributed by atoms with E-state index in [1.807, 2.05) is 0 Å². The molecule has 3 rings (SSSR count). The van der Waals surface area contributed by atoms with Crippen molar-refractivity contribution < 1.29 is 9.47 Å². The third-order valence-corrected chi connectivity index (χ3v) is 5.89. The molecule has 2 unspecified atom stereocenters. The van der Waals surface area contributed by atoms with E-state index in [0.717, 1.165) is 58.7 Å². The Balaban J connectivity index is 1.78. The Morgan fingerprint density at radius 1 is 1.09 bits per heavy atom. The van der Waals surface area contributed by atoms with Gasteiger partial charge in [-0.2, -0.15) is 0 Å². The van der Waals surface area contributed by atoms with Gasteiger partial charge in [-0.1, -0.05) is 37.3 Å². The highest BCUT2D eigenvalue weighted by atomic mass is 16.5. The Morgan fingerprint density at radius 2 is 1.83 bits per heavy atom. The molecule has 2 aliphatic rings. The molecule has 0 radical (unpaired) electrons. The van der Waals surface area contributed by atoms with Crippen LogP contribution in [0, 0.1) is 0 Å². The highest BCUT2D eigenvalue weighted by molar-refractivity contribution is 5.27. The van der Waals surface area contributed by atoms with Crippen LogP contribution in [0.2, 0.25) is 0 Å². The molecule has 128 valence electrons. The fraction of sp³-hybridized carbons (Fsp3) is 0.700. The quantitative estimate of drug-likeness (QED) is 0.828. The zero-order chi connectivity index (χ0) is 16.2. The van der Waals surface area contributed by atoms with Gasteiger partial charge < -0.3 is 9.47 Å². The summed E-state index contributed by atoms with van der Waals surface area (Å²) in [6.45, 7) is 10.5. The van der Waals surface area contributed by atoms with Crippen LogP contribution in [0.3, 0.4) is 0 Å². The van der Waals surface area contributed by atoms with Crippen LogP contribution in [0.15, 0.2) is 30.3 Å². The first kappa shape index (κ1) is 16.9. The number of benzene rings is 1. The summed E-state index contributed by atoms with van der Waals surface area (Å²) < 4.78 is 11.6. The van der Waals surface area contributed by atoms with Gasteiger partial charge in [-0.25, -0.2) is 0 Å². The standard InChI is InChI=1S/C20H31NO2/c1-3-19(2)17-20(10-14-23-19,18-7-5-4-6-8-18)9-11-21-12-15-22-16-13-21/h4-8H,3,9-17H2,1-2H3. The molecule has 2 saturated heterocycles. The second-order valence-corrected chi connectivity index (χ2v) is 7.43. The summed E-state index contributed by atoms with van der Waals surface area (Å²) in [5.41, 5.74) is 1.76. The van der Waals surface area contributed by atoms with E-state index in [1.54, 1.807) is 0 Å². The van der Waals surface area contributed by atoms with Crippen molar-refractivity contribution in [2.24, 2.45) is 0 Å². The van der Waals surface area contributed by atoms with Crippen molar-refractivity contribution in [3.05, 3.63) is 35.9 Å². The first-order valence-corrected chi connectivity index (χ1v) is 9.15. The summed E-state index contributed by atoms with van der Waals surface area (Å²) in [4.78, 5) is 2.56. The molecule has 3 nitrogen and oxygen atoms in total. The Morgan fingerprint density at radius 3 is 2.52 bits per heavy atom. The van der Waals surface area contributed by atoms with E-state index in [-0.39, 0.29) is 11.0 Å². The minimum atomic E-state index is 0.0130. The number of hydrogen-bond acceptors (Lipinski definition) is 3. The Hall–Kier alpha value is -0.900. The van der Waals surface area contributed by atoms with Crippen molar-refractivity contribution in [3.8, 4) is 0 Å². The van der Waals surface area contributed by atoms with Crippen LogP contribution in [-0.4, -0.2) is 50.0 Å². The van der Waals surface area contributed by atoms with Gasteiger partial charge in [0, 0.05) is 25.1 Å². The number of morpholine rings is 1. The zero-order valence-corrected chi connectivity index (χ0v) is 14.7. The molecule has 2 heterocycles. The summed E-state index contributed by atoms with van der Waals surface area (Å²) in [6, 6.07) is 11.1. The van der Waals surface area contributed by atoms with E-state index in [4.69, 9.17) is 9.47 Å². The van der Waals surface area contributed by atoms with Crippen LogP contribution >= 0.6 is 0 Å². The smallest absolute Gasteiger partial charge is 0.0660 e. The summed E-state index contributed by atoms with van der Waals surface area (Å²) >= 11 is 0. The molecule has 0 saturated carbocycles. The number of ether oxygens (including phenoxy) is 2. The lowest BCUT2D eigenvalue weighted by atomic mass is 9.66. The van der Waals surface area contributed by atoms with Gasteiger partial charge in [-0.15, -0.1) is 0 Å². The van der Waals surface area contributed by atoms with Crippen LogP contribution in [0.1, 0.15) is 45.1 Å². The molecule has 1 aromatic rings. The van der Waals surface area contributed by atoms with Crippen molar-refractivity contribution in [2.45, 2.75) is 50.5 Å². The molecular formula is C20H31NO2. The number of rotatable bonds is 5. The van der Waals surface area contributed by atoms with E-state index < -0.39 is 0 Å². The average Bonchev–Trinajstić information content (AvgIpc) is 2.62. The fourth-order valence-electron chi connectivity index (χ4n) is 4.17. The maximum atomic E-state index is 6.15. The van der Waals surface area contributed by atoms with Crippen molar-refractivity contribution in [3.63, 3.8) is 0 Å².